The van der Waals surface area contributed by atoms with Crippen molar-refractivity contribution in [2.45, 2.75) is 12.7 Å². The Balaban J connectivity index is 0.000000197. The molecule has 3 aromatic heterocycles. The van der Waals surface area contributed by atoms with E-state index in [1.807, 2.05) is 30.3 Å². The third-order valence-electron chi connectivity index (χ3n) is 6.08. The predicted octanol–water partition coefficient (Wildman–Crippen LogP) is 6.16. The lowest BCUT2D eigenvalue weighted by Gasteiger charge is -2.17. The first-order valence-electron chi connectivity index (χ1n) is 12.8. The van der Waals surface area contributed by atoms with Gasteiger partial charge in [0.05, 0.1) is 17.6 Å². The van der Waals surface area contributed by atoms with E-state index < -0.39 is 11.9 Å². The van der Waals surface area contributed by atoms with Gasteiger partial charge in [0, 0.05) is 49.7 Å². The number of carbonyl (C=O) groups excluding carboxylic acids is 2. The van der Waals surface area contributed by atoms with Crippen molar-refractivity contribution in [2.75, 3.05) is 19.4 Å². The molecule has 1 N–H and O–H groups in total. The molecule has 0 saturated carbocycles. The first-order chi connectivity index (χ1) is 20.2. The van der Waals surface area contributed by atoms with E-state index in [0.717, 1.165) is 22.6 Å². The number of anilines is 1. The monoisotopic (exact) mass is 572 g/mol. The van der Waals surface area contributed by atoms with Crippen LogP contribution in [0.5, 0.6) is 0 Å². The number of aldehydes is 1. The van der Waals surface area contributed by atoms with Crippen molar-refractivity contribution in [3.63, 3.8) is 0 Å². The SMILES string of the molecule is CN(Cc1ccccc1)C(=O)c1cccc(C=O)c1.CNc1ccc(-n2nc(-c3cccnc3)cc2C(F)(F)F)cn1. The van der Waals surface area contributed by atoms with Gasteiger partial charge in [-0.25, -0.2) is 9.67 Å². The van der Waals surface area contributed by atoms with Crippen LogP contribution in [0.1, 0.15) is 32.0 Å². The highest BCUT2D eigenvalue weighted by molar-refractivity contribution is 5.95. The lowest BCUT2D eigenvalue weighted by Crippen LogP contribution is -2.26. The number of rotatable bonds is 7. The Morgan fingerprint density at radius 1 is 0.976 bits per heavy atom. The largest absolute Gasteiger partial charge is 0.433 e. The summed E-state index contributed by atoms with van der Waals surface area (Å²) >= 11 is 0. The number of carbonyl (C=O) groups is 2. The van der Waals surface area contributed by atoms with Gasteiger partial charge in [-0.05, 0) is 48.0 Å². The topological polar surface area (TPSA) is 93.0 Å². The van der Waals surface area contributed by atoms with Crippen LogP contribution >= 0.6 is 0 Å². The molecule has 0 saturated heterocycles. The van der Waals surface area contributed by atoms with Gasteiger partial charge in [-0.1, -0.05) is 42.5 Å². The summed E-state index contributed by atoms with van der Waals surface area (Å²) in [5, 5.41) is 6.88. The molecule has 0 radical (unpaired) electrons. The molecule has 0 aliphatic heterocycles. The number of nitrogens with one attached hydrogen (secondary N) is 1. The van der Waals surface area contributed by atoms with Crippen molar-refractivity contribution in [1.29, 1.82) is 0 Å². The van der Waals surface area contributed by atoms with Crippen molar-refractivity contribution < 1.29 is 22.8 Å². The Kier molecular flexibility index (Phi) is 9.43. The van der Waals surface area contributed by atoms with Gasteiger partial charge >= 0.3 is 6.18 Å². The number of pyridine rings is 2. The minimum atomic E-state index is -4.53. The van der Waals surface area contributed by atoms with Crippen LogP contribution in [0.15, 0.2) is 104 Å². The quantitative estimate of drug-likeness (QED) is 0.235. The van der Waals surface area contributed by atoms with Crippen LogP contribution in [0.2, 0.25) is 0 Å². The number of alkyl halides is 3. The normalized spacial score (nSPS) is 10.8. The second kappa shape index (κ2) is 13.4. The highest BCUT2D eigenvalue weighted by Gasteiger charge is 2.36. The van der Waals surface area contributed by atoms with E-state index in [-0.39, 0.29) is 17.3 Å². The van der Waals surface area contributed by atoms with Gasteiger partial charge in [0.2, 0.25) is 0 Å². The number of halogens is 3. The molecule has 0 atom stereocenters. The molecule has 0 bridgehead atoms. The Morgan fingerprint density at radius 3 is 2.38 bits per heavy atom. The average molecular weight is 573 g/mol. The van der Waals surface area contributed by atoms with Crippen molar-refractivity contribution in [3.05, 3.63) is 126 Å². The zero-order valence-corrected chi connectivity index (χ0v) is 22.8. The van der Waals surface area contributed by atoms with Crippen molar-refractivity contribution in [2.24, 2.45) is 0 Å². The molecule has 0 aliphatic rings. The van der Waals surface area contributed by atoms with Gasteiger partial charge in [0.15, 0.2) is 0 Å². The Hall–Kier alpha value is -5.32. The number of hydrogen-bond donors (Lipinski definition) is 1. The molecule has 1 amide bonds. The zero-order valence-electron chi connectivity index (χ0n) is 22.8. The smallest absolute Gasteiger partial charge is 0.373 e. The predicted molar refractivity (Wildman–Crippen MR) is 153 cm³/mol. The maximum atomic E-state index is 13.3. The summed E-state index contributed by atoms with van der Waals surface area (Å²) in [4.78, 5) is 32.5. The lowest BCUT2D eigenvalue weighted by molar-refractivity contribution is -0.142. The summed E-state index contributed by atoms with van der Waals surface area (Å²) in [5.41, 5.74) is 2.19. The molecule has 2 aromatic carbocycles. The number of nitrogens with zero attached hydrogens (tertiary/aromatic N) is 5. The third kappa shape index (κ3) is 7.45. The van der Waals surface area contributed by atoms with Gasteiger partial charge in [0.25, 0.3) is 5.91 Å². The summed E-state index contributed by atoms with van der Waals surface area (Å²) in [7, 11) is 3.43. The number of hydrogen-bond acceptors (Lipinski definition) is 6. The van der Waals surface area contributed by atoms with E-state index in [1.165, 1.54) is 18.5 Å². The summed E-state index contributed by atoms with van der Waals surface area (Å²) in [6.07, 6.45) is 0.560. The standard InChI is InChI=1S/C16H15NO2.C15H12F3N5/c1-17(11-13-6-3-2-4-7-13)16(19)15-9-5-8-14(10-15)12-18;1-19-14-5-4-11(9-21-14)23-13(15(16,17)18)7-12(22-23)10-3-2-6-20-8-10/h2-10,12H,11H2,1H3;2-9H,1H3,(H,19,21). The molecule has 42 heavy (non-hydrogen) atoms. The van der Waals surface area contributed by atoms with Crippen molar-refractivity contribution in [3.8, 4) is 16.9 Å². The maximum Gasteiger partial charge on any atom is 0.433 e. The van der Waals surface area contributed by atoms with Crippen LogP contribution in [0.3, 0.4) is 0 Å². The lowest BCUT2D eigenvalue weighted by atomic mass is 10.1. The van der Waals surface area contributed by atoms with Gasteiger partial charge in [-0.2, -0.15) is 18.3 Å². The van der Waals surface area contributed by atoms with E-state index in [1.54, 1.807) is 67.7 Å². The van der Waals surface area contributed by atoms with Crippen LogP contribution in [0.25, 0.3) is 16.9 Å². The second-order valence-electron chi connectivity index (χ2n) is 9.11. The van der Waals surface area contributed by atoms with Gasteiger partial charge in [-0.3, -0.25) is 14.6 Å². The van der Waals surface area contributed by atoms with E-state index in [4.69, 9.17) is 0 Å². The first kappa shape index (κ1) is 29.7. The fourth-order valence-corrected chi connectivity index (χ4v) is 3.99. The molecular formula is C31H27F3N6O2. The van der Waals surface area contributed by atoms with Gasteiger partial charge in [-0.15, -0.1) is 0 Å². The molecule has 0 aliphatic carbocycles. The van der Waals surface area contributed by atoms with Gasteiger partial charge in [0.1, 0.15) is 17.8 Å². The Morgan fingerprint density at radius 2 is 1.76 bits per heavy atom. The molecule has 214 valence electrons. The Labute approximate surface area is 240 Å². The van der Waals surface area contributed by atoms with Crippen LogP contribution < -0.4 is 5.32 Å². The fourth-order valence-electron chi connectivity index (χ4n) is 3.99. The fraction of sp³-hybridized carbons (Fsp3) is 0.129. The van der Waals surface area contributed by atoms with Crippen molar-refractivity contribution >= 4 is 18.0 Å². The van der Waals surface area contributed by atoms with E-state index in [9.17, 15) is 22.8 Å². The maximum absolute atomic E-state index is 13.3. The molecule has 5 rings (SSSR count). The van der Waals surface area contributed by atoms with E-state index >= 15 is 0 Å². The molecule has 8 nitrogen and oxygen atoms in total. The molecular weight excluding hydrogens is 545 g/mol. The highest BCUT2D eigenvalue weighted by atomic mass is 19.4. The summed E-state index contributed by atoms with van der Waals surface area (Å²) in [6.45, 7) is 0.547. The number of amides is 1. The summed E-state index contributed by atoms with van der Waals surface area (Å²) in [5.74, 6) is 0.467. The molecule has 0 fully saturated rings. The third-order valence-corrected chi connectivity index (χ3v) is 6.08. The van der Waals surface area contributed by atoms with E-state index in [2.05, 4.69) is 20.4 Å². The van der Waals surface area contributed by atoms with Crippen LogP contribution in [-0.2, 0) is 12.7 Å². The van der Waals surface area contributed by atoms with Gasteiger partial charge < -0.3 is 10.2 Å². The summed E-state index contributed by atoms with van der Waals surface area (Å²) < 4.78 is 40.7. The average Bonchev–Trinajstić information content (AvgIpc) is 3.49. The van der Waals surface area contributed by atoms with Crippen molar-refractivity contribution in [1.82, 2.24) is 24.6 Å². The molecule has 11 heteroatoms. The first-order valence-corrected chi connectivity index (χ1v) is 12.8. The van der Waals surface area contributed by atoms with Crippen LogP contribution in [-0.4, -0.2) is 50.9 Å². The number of aromatic nitrogens is 4. The zero-order chi connectivity index (χ0) is 30.1. The van der Waals surface area contributed by atoms with Crippen LogP contribution in [0.4, 0.5) is 19.0 Å². The summed E-state index contributed by atoms with van der Waals surface area (Å²) in [6, 6.07) is 23.9. The van der Waals surface area contributed by atoms with E-state index in [0.29, 0.717) is 29.1 Å². The molecule has 3 heterocycles. The molecule has 0 unspecified atom stereocenters. The van der Waals surface area contributed by atoms with Crippen LogP contribution in [0, 0.1) is 0 Å². The second-order valence-corrected chi connectivity index (χ2v) is 9.11. The Bertz CT molecular complexity index is 1620. The highest BCUT2D eigenvalue weighted by Crippen LogP contribution is 2.33. The minimum Gasteiger partial charge on any atom is -0.373 e. The minimum absolute atomic E-state index is 0.0902. The number of benzene rings is 2. The molecule has 0 spiro atoms. The molecule has 5 aromatic rings.